The van der Waals surface area contributed by atoms with Gasteiger partial charge in [-0.15, -0.1) is 10.2 Å². The van der Waals surface area contributed by atoms with Crippen LogP contribution < -0.4 is 10.9 Å². The lowest BCUT2D eigenvalue weighted by Gasteiger charge is -2.11. The minimum absolute atomic E-state index is 0.0572. The average molecular weight is 392 g/mol. The predicted octanol–water partition coefficient (Wildman–Crippen LogP) is 2.67. The van der Waals surface area contributed by atoms with E-state index in [1.165, 1.54) is 4.68 Å². The van der Waals surface area contributed by atoms with Crippen molar-refractivity contribution >= 4 is 28.2 Å². The van der Waals surface area contributed by atoms with E-state index in [1.54, 1.807) is 29.1 Å². The van der Waals surface area contributed by atoms with E-state index >= 15 is 0 Å². The summed E-state index contributed by atoms with van der Waals surface area (Å²) in [4.78, 5) is 25.5. The standard InChI is InChI=1S/C20H20N6O3/c1-11(2)18-19-14(7-15(29-19)12-3-4-12)20(28)26(24-18)9-17(27)22-13-5-6-16-23-21-10-25(16)8-13/h5-8,10-12H,3-4,9H2,1-2H3,(H,22,27). The Hall–Kier alpha value is -3.49. The highest BCUT2D eigenvalue weighted by molar-refractivity contribution is 5.90. The molecule has 0 aliphatic heterocycles. The number of anilines is 1. The fraction of sp³-hybridized carbons (Fsp3) is 0.350. The summed E-state index contributed by atoms with van der Waals surface area (Å²) in [6.07, 6.45) is 5.43. The number of nitrogens with zero attached hydrogens (tertiary/aromatic N) is 5. The summed E-state index contributed by atoms with van der Waals surface area (Å²) in [5.74, 6) is 0.949. The Balaban J connectivity index is 1.46. The highest BCUT2D eigenvalue weighted by Gasteiger charge is 2.29. The number of nitrogens with one attached hydrogen (secondary N) is 1. The first-order valence-electron chi connectivity index (χ1n) is 9.63. The van der Waals surface area contributed by atoms with Crippen molar-refractivity contribution in [2.75, 3.05) is 5.32 Å². The van der Waals surface area contributed by atoms with Gasteiger partial charge in [0.1, 0.15) is 24.3 Å². The normalized spacial score (nSPS) is 14.2. The van der Waals surface area contributed by atoms with Crippen LogP contribution in [0.4, 0.5) is 5.69 Å². The largest absolute Gasteiger partial charge is 0.459 e. The zero-order chi connectivity index (χ0) is 20.1. The molecule has 0 unspecified atom stereocenters. The second kappa shape index (κ2) is 6.54. The van der Waals surface area contributed by atoms with Gasteiger partial charge in [0.05, 0.1) is 11.1 Å². The molecule has 0 saturated heterocycles. The van der Waals surface area contributed by atoms with E-state index in [-0.39, 0.29) is 23.9 Å². The molecule has 5 rings (SSSR count). The third-order valence-corrected chi connectivity index (χ3v) is 5.07. The van der Waals surface area contributed by atoms with Crippen molar-refractivity contribution in [2.24, 2.45) is 0 Å². The van der Waals surface area contributed by atoms with Gasteiger partial charge in [0.2, 0.25) is 5.91 Å². The first kappa shape index (κ1) is 17.6. The summed E-state index contributed by atoms with van der Waals surface area (Å²) in [7, 11) is 0. The van der Waals surface area contributed by atoms with Crippen molar-refractivity contribution < 1.29 is 9.21 Å². The number of amides is 1. The molecule has 4 heterocycles. The molecule has 1 aliphatic carbocycles. The first-order valence-corrected chi connectivity index (χ1v) is 9.63. The molecule has 0 aromatic carbocycles. The number of aromatic nitrogens is 5. The van der Waals surface area contributed by atoms with Crippen LogP contribution in [-0.4, -0.2) is 30.3 Å². The summed E-state index contributed by atoms with van der Waals surface area (Å²) in [5.41, 5.74) is 2.18. The molecule has 1 aliphatic rings. The van der Waals surface area contributed by atoms with Crippen LogP contribution in [-0.2, 0) is 11.3 Å². The summed E-state index contributed by atoms with van der Waals surface area (Å²) in [6.45, 7) is 3.80. The number of carbonyl (C=O) groups excluding carboxylic acids is 1. The number of hydrogen-bond donors (Lipinski definition) is 1. The fourth-order valence-electron chi connectivity index (χ4n) is 3.41. The lowest BCUT2D eigenvalue weighted by Crippen LogP contribution is -2.30. The lowest BCUT2D eigenvalue weighted by atomic mass is 10.1. The van der Waals surface area contributed by atoms with Crippen LogP contribution in [0.1, 0.15) is 50.0 Å². The van der Waals surface area contributed by atoms with Gasteiger partial charge in [0, 0.05) is 18.0 Å². The Morgan fingerprint density at radius 3 is 2.93 bits per heavy atom. The second-order valence-corrected chi connectivity index (χ2v) is 7.73. The monoisotopic (exact) mass is 392 g/mol. The molecule has 1 amide bonds. The summed E-state index contributed by atoms with van der Waals surface area (Å²) < 4.78 is 8.88. The molecule has 0 bridgehead atoms. The molecule has 0 radical (unpaired) electrons. The Bertz CT molecular complexity index is 1290. The van der Waals surface area contributed by atoms with Gasteiger partial charge in [-0.1, -0.05) is 13.8 Å². The fourth-order valence-corrected chi connectivity index (χ4v) is 3.41. The maximum atomic E-state index is 12.9. The van der Waals surface area contributed by atoms with Gasteiger partial charge in [-0.25, -0.2) is 4.68 Å². The number of rotatable bonds is 5. The van der Waals surface area contributed by atoms with Crippen molar-refractivity contribution in [2.45, 2.75) is 45.1 Å². The van der Waals surface area contributed by atoms with Crippen LogP contribution in [0.3, 0.4) is 0 Å². The maximum absolute atomic E-state index is 12.9. The molecule has 1 saturated carbocycles. The molecule has 29 heavy (non-hydrogen) atoms. The van der Waals surface area contributed by atoms with Crippen molar-refractivity contribution in [3.8, 4) is 0 Å². The molecule has 1 N–H and O–H groups in total. The van der Waals surface area contributed by atoms with Crippen LogP contribution in [0.5, 0.6) is 0 Å². The second-order valence-electron chi connectivity index (χ2n) is 7.73. The zero-order valence-corrected chi connectivity index (χ0v) is 16.1. The van der Waals surface area contributed by atoms with Crippen LogP contribution in [0.25, 0.3) is 16.6 Å². The van der Waals surface area contributed by atoms with E-state index in [0.717, 1.165) is 18.6 Å². The molecule has 0 spiro atoms. The van der Waals surface area contributed by atoms with Crippen molar-refractivity contribution in [3.05, 3.63) is 52.5 Å². The minimum Gasteiger partial charge on any atom is -0.459 e. The molecule has 9 heteroatoms. The number of furan rings is 1. The van der Waals surface area contributed by atoms with E-state index < -0.39 is 0 Å². The molecular formula is C20H20N6O3. The third-order valence-electron chi connectivity index (χ3n) is 5.07. The van der Waals surface area contributed by atoms with Crippen LogP contribution in [0, 0.1) is 0 Å². The Kier molecular flexibility index (Phi) is 3.97. The van der Waals surface area contributed by atoms with Gasteiger partial charge < -0.3 is 9.73 Å². The van der Waals surface area contributed by atoms with Gasteiger partial charge in [0.15, 0.2) is 11.2 Å². The maximum Gasteiger partial charge on any atom is 0.278 e. The van der Waals surface area contributed by atoms with Gasteiger partial charge in [-0.3, -0.25) is 14.0 Å². The first-order chi connectivity index (χ1) is 14.0. The minimum atomic E-state index is -0.341. The molecule has 0 atom stereocenters. The van der Waals surface area contributed by atoms with Crippen LogP contribution >= 0.6 is 0 Å². The molecule has 1 fully saturated rings. The Morgan fingerprint density at radius 2 is 2.17 bits per heavy atom. The summed E-state index contributed by atoms with van der Waals surface area (Å²) in [6, 6.07) is 5.30. The third kappa shape index (κ3) is 3.18. The van der Waals surface area contributed by atoms with Crippen molar-refractivity contribution in [3.63, 3.8) is 0 Å². The summed E-state index contributed by atoms with van der Waals surface area (Å²) >= 11 is 0. The SMILES string of the molecule is CC(C)c1nn(CC(=O)Nc2ccc3nncn3c2)c(=O)c2cc(C3CC3)oc12. The van der Waals surface area contributed by atoms with Crippen LogP contribution in [0.15, 0.2) is 39.9 Å². The molecular weight excluding hydrogens is 372 g/mol. The van der Waals surface area contributed by atoms with Crippen molar-refractivity contribution in [1.82, 2.24) is 24.4 Å². The molecule has 148 valence electrons. The zero-order valence-electron chi connectivity index (χ0n) is 16.1. The quantitative estimate of drug-likeness (QED) is 0.559. The predicted molar refractivity (Wildman–Crippen MR) is 106 cm³/mol. The molecule has 4 aromatic heterocycles. The van der Waals surface area contributed by atoms with Crippen molar-refractivity contribution in [1.29, 1.82) is 0 Å². The highest BCUT2D eigenvalue weighted by Crippen LogP contribution is 2.42. The topological polar surface area (TPSA) is 107 Å². The molecule has 4 aromatic rings. The smallest absolute Gasteiger partial charge is 0.278 e. The van der Waals surface area contributed by atoms with E-state index in [9.17, 15) is 9.59 Å². The number of carbonyl (C=O) groups is 1. The van der Waals surface area contributed by atoms with E-state index in [1.807, 2.05) is 19.9 Å². The van der Waals surface area contributed by atoms with E-state index in [0.29, 0.717) is 33.9 Å². The van der Waals surface area contributed by atoms with Gasteiger partial charge in [-0.05, 0) is 31.0 Å². The van der Waals surface area contributed by atoms with Gasteiger partial charge >= 0.3 is 0 Å². The Labute approximate surface area is 165 Å². The number of pyridine rings is 1. The van der Waals surface area contributed by atoms with Gasteiger partial charge in [0.25, 0.3) is 5.56 Å². The molecule has 9 nitrogen and oxygen atoms in total. The van der Waals surface area contributed by atoms with E-state index in [2.05, 4.69) is 20.6 Å². The average Bonchev–Trinajstić information content (AvgIpc) is 3.26. The Morgan fingerprint density at radius 1 is 1.34 bits per heavy atom. The van der Waals surface area contributed by atoms with E-state index in [4.69, 9.17) is 4.42 Å². The summed E-state index contributed by atoms with van der Waals surface area (Å²) in [5, 5.41) is 15.5. The van der Waals surface area contributed by atoms with Crippen LogP contribution in [0.2, 0.25) is 0 Å². The number of fused-ring (bicyclic) bond motifs is 2. The lowest BCUT2D eigenvalue weighted by molar-refractivity contribution is -0.117. The number of hydrogen-bond acceptors (Lipinski definition) is 6. The highest BCUT2D eigenvalue weighted by atomic mass is 16.3. The van der Waals surface area contributed by atoms with Gasteiger partial charge in [-0.2, -0.15) is 5.10 Å².